The van der Waals surface area contributed by atoms with Gasteiger partial charge in [-0.3, -0.25) is 4.90 Å². The first-order valence-electron chi connectivity index (χ1n) is 7.26. The van der Waals surface area contributed by atoms with Gasteiger partial charge in [0.2, 0.25) is 10.0 Å². The molecule has 2 rings (SSSR count). The summed E-state index contributed by atoms with van der Waals surface area (Å²) in [5.74, 6) is 0.300. The molecule has 0 saturated carbocycles. The van der Waals surface area contributed by atoms with Crippen LogP contribution in [0.3, 0.4) is 0 Å². The Morgan fingerprint density at radius 2 is 1.96 bits per heavy atom. The van der Waals surface area contributed by atoms with Crippen LogP contribution in [-0.4, -0.2) is 38.6 Å². The van der Waals surface area contributed by atoms with E-state index in [-0.39, 0.29) is 18.0 Å². The number of aromatic nitrogens is 1. The van der Waals surface area contributed by atoms with Crippen molar-refractivity contribution in [2.75, 3.05) is 20.1 Å². The molecule has 1 aromatic heterocycles. The summed E-state index contributed by atoms with van der Waals surface area (Å²) in [6.45, 7) is 2.70. The van der Waals surface area contributed by atoms with Crippen LogP contribution in [0.5, 0.6) is 0 Å². The highest BCUT2D eigenvalue weighted by Gasteiger charge is 2.16. The first kappa shape index (κ1) is 18.5. The first-order valence-corrected chi connectivity index (χ1v) is 8.75. The zero-order valence-electron chi connectivity index (χ0n) is 13.4. The van der Waals surface area contributed by atoms with Gasteiger partial charge in [0.05, 0.1) is 11.4 Å². The van der Waals surface area contributed by atoms with E-state index >= 15 is 0 Å². The molecule has 2 aromatic rings. The van der Waals surface area contributed by atoms with Crippen LogP contribution >= 0.6 is 0 Å². The lowest BCUT2D eigenvalue weighted by Gasteiger charge is -2.15. The predicted octanol–water partition coefficient (Wildman–Crippen LogP) is 2.33. The van der Waals surface area contributed by atoms with Crippen molar-refractivity contribution in [2.24, 2.45) is 0 Å². The SMILES string of the molecule is Cc1ccc(S(=O)(=O)NCCN(C)Cc2cc(C(F)F)no2)cc1. The summed E-state index contributed by atoms with van der Waals surface area (Å²) < 4.78 is 56.4. The van der Waals surface area contributed by atoms with Gasteiger partial charge in [0.1, 0.15) is 5.69 Å². The molecule has 9 heteroatoms. The van der Waals surface area contributed by atoms with Gasteiger partial charge in [0.15, 0.2) is 5.76 Å². The van der Waals surface area contributed by atoms with Crippen LogP contribution in [0.15, 0.2) is 39.8 Å². The maximum Gasteiger partial charge on any atom is 0.283 e. The summed E-state index contributed by atoms with van der Waals surface area (Å²) in [4.78, 5) is 1.94. The molecule has 0 atom stereocenters. The molecule has 6 nitrogen and oxygen atoms in total. The smallest absolute Gasteiger partial charge is 0.283 e. The third kappa shape index (κ3) is 5.08. The molecule has 0 fully saturated rings. The topological polar surface area (TPSA) is 75.4 Å². The summed E-state index contributed by atoms with van der Waals surface area (Å²) >= 11 is 0. The van der Waals surface area contributed by atoms with E-state index in [1.807, 2.05) is 6.92 Å². The molecule has 1 N–H and O–H groups in total. The number of benzene rings is 1. The third-order valence-corrected chi connectivity index (χ3v) is 4.82. The number of aryl methyl sites for hydroxylation is 1. The highest BCUT2D eigenvalue weighted by molar-refractivity contribution is 7.89. The van der Waals surface area contributed by atoms with Gasteiger partial charge in [0.25, 0.3) is 6.43 Å². The largest absolute Gasteiger partial charge is 0.360 e. The summed E-state index contributed by atoms with van der Waals surface area (Å²) in [7, 11) is -1.84. The van der Waals surface area contributed by atoms with Gasteiger partial charge in [-0.25, -0.2) is 21.9 Å². The van der Waals surface area contributed by atoms with Crippen molar-refractivity contribution >= 4 is 10.0 Å². The van der Waals surface area contributed by atoms with Gasteiger partial charge < -0.3 is 4.52 Å². The Kier molecular flexibility index (Phi) is 6.03. The van der Waals surface area contributed by atoms with Crippen LogP contribution in [0.25, 0.3) is 0 Å². The second-order valence-corrected chi connectivity index (χ2v) is 7.23. The average Bonchev–Trinajstić information content (AvgIpc) is 2.96. The molecule has 132 valence electrons. The monoisotopic (exact) mass is 359 g/mol. The molecule has 0 bridgehead atoms. The number of sulfonamides is 1. The Balaban J connectivity index is 1.83. The van der Waals surface area contributed by atoms with Crippen molar-refractivity contribution in [2.45, 2.75) is 24.8 Å². The lowest BCUT2D eigenvalue weighted by Crippen LogP contribution is -2.32. The molecular weight excluding hydrogens is 340 g/mol. The zero-order chi connectivity index (χ0) is 17.7. The van der Waals surface area contributed by atoms with E-state index in [0.29, 0.717) is 12.3 Å². The number of alkyl halides is 2. The fraction of sp³-hybridized carbons (Fsp3) is 0.400. The summed E-state index contributed by atoms with van der Waals surface area (Å²) in [6, 6.07) is 7.73. The van der Waals surface area contributed by atoms with E-state index < -0.39 is 22.1 Å². The van der Waals surface area contributed by atoms with Crippen molar-refractivity contribution in [3.8, 4) is 0 Å². The van der Waals surface area contributed by atoms with Crippen LogP contribution < -0.4 is 4.72 Å². The number of halogens is 2. The first-order chi connectivity index (χ1) is 11.3. The predicted molar refractivity (Wildman–Crippen MR) is 84.2 cm³/mol. The summed E-state index contributed by atoms with van der Waals surface area (Å²) in [5, 5.41) is 3.27. The number of nitrogens with one attached hydrogen (secondary N) is 1. The quantitative estimate of drug-likeness (QED) is 0.783. The number of nitrogens with zero attached hydrogens (tertiary/aromatic N) is 2. The lowest BCUT2D eigenvalue weighted by atomic mass is 10.2. The molecule has 1 aromatic carbocycles. The van der Waals surface area contributed by atoms with Crippen molar-refractivity contribution in [1.82, 2.24) is 14.8 Å². The van der Waals surface area contributed by atoms with Crippen LogP contribution in [0.4, 0.5) is 8.78 Å². The Morgan fingerprint density at radius 3 is 2.54 bits per heavy atom. The van der Waals surface area contributed by atoms with Crippen molar-refractivity contribution in [1.29, 1.82) is 0 Å². The van der Waals surface area contributed by atoms with E-state index in [0.717, 1.165) is 5.56 Å². The highest BCUT2D eigenvalue weighted by Crippen LogP contribution is 2.18. The molecule has 0 unspecified atom stereocenters. The van der Waals surface area contributed by atoms with Gasteiger partial charge in [-0.2, -0.15) is 0 Å². The maximum atomic E-state index is 12.4. The minimum absolute atomic E-state index is 0.183. The van der Waals surface area contributed by atoms with Gasteiger partial charge in [0, 0.05) is 19.2 Å². The normalized spacial score (nSPS) is 12.2. The Hall–Kier alpha value is -1.84. The van der Waals surface area contributed by atoms with Crippen LogP contribution in [0, 0.1) is 6.92 Å². The van der Waals surface area contributed by atoms with Gasteiger partial charge in [-0.05, 0) is 26.1 Å². The molecule has 0 radical (unpaired) electrons. The Bertz CT molecular complexity index is 761. The fourth-order valence-electron chi connectivity index (χ4n) is 2.02. The minimum atomic E-state index is -3.56. The van der Waals surface area contributed by atoms with Crippen molar-refractivity contribution < 1.29 is 21.7 Å². The van der Waals surface area contributed by atoms with Crippen molar-refractivity contribution in [3.05, 3.63) is 47.3 Å². The van der Waals surface area contributed by atoms with Gasteiger partial charge >= 0.3 is 0 Å². The maximum absolute atomic E-state index is 12.4. The second-order valence-electron chi connectivity index (χ2n) is 5.47. The van der Waals surface area contributed by atoms with E-state index in [1.165, 1.54) is 6.07 Å². The number of rotatable bonds is 8. The standard InChI is InChI=1S/C15H19F2N3O3S/c1-11-3-5-13(6-4-11)24(21,22)18-7-8-20(2)10-12-9-14(15(16)17)19-23-12/h3-6,9,15,18H,7-8,10H2,1-2H3. The number of hydrogen-bond donors (Lipinski definition) is 1. The molecule has 24 heavy (non-hydrogen) atoms. The molecule has 0 aliphatic rings. The Labute approximate surface area is 139 Å². The van der Waals surface area contributed by atoms with E-state index in [4.69, 9.17) is 4.52 Å². The average molecular weight is 359 g/mol. The van der Waals surface area contributed by atoms with Gasteiger partial charge in [-0.1, -0.05) is 22.9 Å². The lowest BCUT2D eigenvalue weighted by molar-refractivity contribution is 0.140. The third-order valence-electron chi connectivity index (χ3n) is 3.34. The van der Waals surface area contributed by atoms with E-state index in [1.54, 1.807) is 36.2 Å². The molecular formula is C15H19F2N3O3S. The zero-order valence-corrected chi connectivity index (χ0v) is 14.2. The molecule has 0 spiro atoms. The number of hydrogen-bond acceptors (Lipinski definition) is 5. The highest BCUT2D eigenvalue weighted by atomic mass is 32.2. The van der Waals surface area contributed by atoms with E-state index in [9.17, 15) is 17.2 Å². The van der Waals surface area contributed by atoms with Crippen LogP contribution in [0.2, 0.25) is 0 Å². The number of likely N-dealkylation sites (N-methyl/N-ethyl adjacent to an activating group) is 1. The molecule has 0 saturated heterocycles. The summed E-state index contributed by atoms with van der Waals surface area (Å²) in [5.41, 5.74) is 0.572. The van der Waals surface area contributed by atoms with E-state index in [2.05, 4.69) is 9.88 Å². The Morgan fingerprint density at radius 1 is 1.29 bits per heavy atom. The van der Waals surface area contributed by atoms with Gasteiger partial charge in [-0.15, -0.1) is 0 Å². The van der Waals surface area contributed by atoms with Crippen molar-refractivity contribution in [3.63, 3.8) is 0 Å². The summed E-state index contributed by atoms with van der Waals surface area (Å²) in [6.07, 6.45) is -2.67. The van der Waals surface area contributed by atoms with Crippen LogP contribution in [0.1, 0.15) is 23.4 Å². The minimum Gasteiger partial charge on any atom is -0.360 e. The molecule has 1 heterocycles. The second kappa shape index (κ2) is 7.82. The molecule has 0 aliphatic carbocycles. The molecule has 0 aliphatic heterocycles. The fourth-order valence-corrected chi connectivity index (χ4v) is 3.04. The van der Waals surface area contributed by atoms with Crippen LogP contribution in [-0.2, 0) is 16.6 Å². The molecule has 0 amide bonds.